The fourth-order valence-electron chi connectivity index (χ4n) is 8.89. The maximum atomic E-state index is 12.5. The predicted octanol–water partition coefficient (Wildman–Crippen LogP) is 19.4. The van der Waals surface area contributed by atoms with Crippen LogP contribution in [0.2, 0.25) is 0 Å². The van der Waals surface area contributed by atoms with E-state index in [4.69, 9.17) is 18.6 Å². The minimum atomic E-state index is -0.228. The van der Waals surface area contributed by atoms with E-state index in [1.165, 1.54) is 244 Å². The van der Waals surface area contributed by atoms with Crippen LogP contribution in [0.15, 0.2) is 41.0 Å². The highest BCUT2D eigenvalue weighted by atomic mass is 16.5. The van der Waals surface area contributed by atoms with E-state index in [1.807, 2.05) is 30.3 Å². The van der Waals surface area contributed by atoms with Crippen molar-refractivity contribution in [1.29, 1.82) is 0 Å². The Hall–Kier alpha value is -2.43. The Morgan fingerprint density at radius 3 is 1.05 bits per heavy atom. The van der Waals surface area contributed by atoms with Gasteiger partial charge in [0.25, 0.3) is 0 Å². The third-order valence-corrected chi connectivity index (χ3v) is 13.0. The van der Waals surface area contributed by atoms with Crippen LogP contribution >= 0.6 is 0 Å². The van der Waals surface area contributed by atoms with E-state index in [0.717, 1.165) is 35.7 Å². The first-order valence-electron chi connectivity index (χ1n) is 27.8. The van der Waals surface area contributed by atoms with Crippen LogP contribution < -0.4 is 9.47 Å². The average Bonchev–Trinajstić information content (AvgIpc) is 3.83. The topological polar surface area (TPSA) is 57.9 Å². The van der Waals surface area contributed by atoms with Crippen molar-refractivity contribution >= 4 is 5.97 Å². The number of unbranched alkanes of at least 4 members (excludes halogenated alkanes) is 38. The van der Waals surface area contributed by atoms with Crippen molar-refractivity contribution in [2.75, 3.05) is 13.2 Å². The third kappa shape index (κ3) is 37.5. The third-order valence-electron chi connectivity index (χ3n) is 13.0. The molecule has 0 aliphatic carbocycles. The molecule has 5 nitrogen and oxygen atoms in total. The lowest BCUT2D eigenvalue weighted by atomic mass is 10.0. The molecule has 2 aromatic rings. The van der Waals surface area contributed by atoms with Gasteiger partial charge in [-0.05, 0) is 42.7 Å². The number of ether oxygens (including phenoxy) is 3. The predicted molar refractivity (Wildman–Crippen MR) is 270 cm³/mol. The molecule has 5 heteroatoms. The standard InChI is InChI=1S/C58H102O5/c1-3-5-7-9-11-13-15-17-19-21-23-25-27-29-31-33-35-37-39-41-47-61-56-50-54(53-63-58(59)46-45-55-44-43-49-60-55)51-57(52-56)62-48-42-40-38-36-34-32-30-28-26-24-22-20-18-16-14-12-10-8-6-4-2/h43-44,49-52H,3-42,45-48,53H2,1-2H3. The van der Waals surface area contributed by atoms with Crippen molar-refractivity contribution in [1.82, 2.24) is 0 Å². The van der Waals surface area contributed by atoms with E-state index >= 15 is 0 Å². The summed E-state index contributed by atoms with van der Waals surface area (Å²) in [7, 11) is 0. The average molecular weight is 879 g/mol. The Bertz CT molecular complexity index is 1160. The molecule has 0 atom stereocenters. The van der Waals surface area contributed by atoms with E-state index < -0.39 is 0 Å². The zero-order chi connectivity index (χ0) is 44.8. The highest BCUT2D eigenvalue weighted by Crippen LogP contribution is 2.25. The van der Waals surface area contributed by atoms with Crippen molar-refractivity contribution in [3.63, 3.8) is 0 Å². The zero-order valence-electron chi connectivity index (χ0n) is 41.8. The Labute approximate surface area is 390 Å². The summed E-state index contributed by atoms with van der Waals surface area (Å²) in [6, 6.07) is 9.75. The van der Waals surface area contributed by atoms with Crippen molar-refractivity contribution in [2.45, 2.75) is 290 Å². The van der Waals surface area contributed by atoms with Gasteiger partial charge >= 0.3 is 5.97 Å². The lowest BCUT2D eigenvalue weighted by molar-refractivity contribution is -0.145. The molecule has 0 aliphatic heterocycles. The number of esters is 1. The molecule has 0 bridgehead atoms. The second-order valence-corrected chi connectivity index (χ2v) is 19.2. The lowest BCUT2D eigenvalue weighted by Gasteiger charge is -2.13. The molecule has 0 saturated carbocycles. The normalized spacial score (nSPS) is 11.4. The maximum Gasteiger partial charge on any atom is 0.306 e. The van der Waals surface area contributed by atoms with Crippen LogP contribution in [-0.4, -0.2) is 19.2 Å². The van der Waals surface area contributed by atoms with Crippen molar-refractivity contribution < 1.29 is 23.4 Å². The lowest BCUT2D eigenvalue weighted by Crippen LogP contribution is -2.07. The first-order valence-corrected chi connectivity index (χ1v) is 27.8. The molecule has 0 aliphatic rings. The van der Waals surface area contributed by atoms with Gasteiger partial charge < -0.3 is 18.6 Å². The smallest absolute Gasteiger partial charge is 0.306 e. The quantitative estimate of drug-likeness (QED) is 0.0489. The second kappa shape index (κ2) is 44.8. The zero-order valence-corrected chi connectivity index (χ0v) is 41.8. The van der Waals surface area contributed by atoms with Crippen molar-refractivity contribution in [3.8, 4) is 11.5 Å². The summed E-state index contributed by atoms with van der Waals surface area (Å²) in [4.78, 5) is 12.5. The molecule has 0 spiro atoms. The Kier molecular flexibility index (Phi) is 40.3. The second-order valence-electron chi connectivity index (χ2n) is 19.2. The molecule has 1 heterocycles. The highest BCUT2D eigenvalue weighted by Gasteiger charge is 2.09. The van der Waals surface area contributed by atoms with E-state index in [-0.39, 0.29) is 12.6 Å². The molecule has 0 fully saturated rings. The van der Waals surface area contributed by atoms with Gasteiger partial charge in [-0.2, -0.15) is 0 Å². The molecule has 0 radical (unpaired) electrons. The van der Waals surface area contributed by atoms with Crippen molar-refractivity contribution in [2.24, 2.45) is 0 Å². The van der Waals surface area contributed by atoms with Gasteiger partial charge in [0.2, 0.25) is 0 Å². The molecular formula is C58H102O5. The van der Waals surface area contributed by atoms with Crippen LogP contribution in [0, 0.1) is 0 Å². The summed E-state index contributed by atoms with van der Waals surface area (Å²) in [5, 5.41) is 0. The number of hydrogen-bond acceptors (Lipinski definition) is 5. The fraction of sp³-hybridized carbons (Fsp3) is 0.810. The molecule has 0 unspecified atom stereocenters. The Morgan fingerprint density at radius 2 is 0.746 bits per heavy atom. The summed E-state index contributed by atoms with van der Waals surface area (Å²) in [6.07, 6.45) is 57.8. The van der Waals surface area contributed by atoms with Crippen molar-refractivity contribution in [3.05, 3.63) is 47.9 Å². The molecule has 364 valence electrons. The number of furan rings is 1. The summed E-state index contributed by atoms with van der Waals surface area (Å²) in [5.41, 5.74) is 0.904. The molecule has 0 saturated heterocycles. The summed E-state index contributed by atoms with van der Waals surface area (Å²) in [6.45, 7) is 6.21. The molecule has 63 heavy (non-hydrogen) atoms. The van der Waals surface area contributed by atoms with E-state index in [2.05, 4.69) is 13.8 Å². The van der Waals surface area contributed by atoms with Gasteiger partial charge in [-0.15, -0.1) is 0 Å². The number of aryl methyl sites for hydroxylation is 1. The van der Waals surface area contributed by atoms with Crippen LogP contribution in [0.3, 0.4) is 0 Å². The Balaban J connectivity index is 1.52. The van der Waals surface area contributed by atoms with E-state index in [0.29, 0.717) is 26.1 Å². The highest BCUT2D eigenvalue weighted by molar-refractivity contribution is 5.69. The molecular weight excluding hydrogens is 777 g/mol. The first-order chi connectivity index (χ1) is 31.2. The number of benzene rings is 1. The molecule has 1 aromatic carbocycles. The van der Waals surface area contributed by atoms with Gasteiger partial charge in [-0.25, -0.2) is 0 Å². The van der Waals surface area contributed by atoms with Crippen LogP contribution in [0.5, 0.6) is 11.5 Å². The van der Waals surface area contributed by atoms with Gasteiger partial charge in [0.1, 0.15) is 23.9 Å². The minimum Gasteiger partial charge on any atom is -0.493 e. The molecule has 0 amide bonds. The SMILES string of the molecule is CCCCCCCCCCCCCCCCCCCCCCOc1cc(COC(=O)CCc2ccco2)cc(OCCCCCCCCCCCCCCCCCCCCCC)c1. The largest absolute Gasteiger partial charge is 0.493 e. The Morgan fingerprint density at radius 1 is 0.429 bits per heavy atom. The maximum absolute atomic E-state index is 12.5. The van der Waals surface area contributed by atoms with Crippen LogP contribution in [0.25, 0.3) is 0 Å². The number of carbonyl (C=O) groups excluding carboxylic acids is 1. The van der Waals surface area contributed by atoms with Crippen LogP contribution in [0.1, 0.15) is 288 Å². The van der Waals surface area contributed by atoms with Gasteiger partial charge in [0, 0.05) is 12.5 Å². The van der Waals surface area contributed by atoms with Gasteiger partial charge in [0.15, 0.2) is 0 Å². The minimum absolute atomic E-state index is 0.211. The monoisotopic (exact) mass is 879 g/mol. The summed E-state index contributed by atoms with van der Waals surface area (Å²) in [5.74, 6) is 2.17. The molecule has 0 N–H and O–H groups in total. The van der Waals surface area contributed by atoms with Gasteiger partial charge in [-0.3, -0.25) is 4.79 Å². The number of hydrogen-bond donors (Lipinski definition) is 0. The molecule has 1 aromatic heterocycles. The van der Waals surface area contributed by atoms with Crippen LogP contribution in [-0.2, 0) is 22.6 Å². The summed E-state index contributed by atoms with van der Waals surface area (Å²) >= 11 is 0. The molecule has 2 rings (SSSR count). The summed E-state index contributed by atoms with van der Waals surface area (Å²) < 4.78 is 23.5. The number of carbonyl (C=O) groups is 1. The first kappa shape index (κ1) is 56.7. The number of rotatable bonds is 49. The van der Waals surface area contributed by atoms with Crippen LogP contribution in [0.4, 0.5) is 0 Å². The fourth-order valence-corrected chi connectivity index (χ4v) is 8.89. The van der Waals surface area contributed by atoms with E-state index in [1.54, 1.807) is 6.26 Å². The van der Waals surface area contributed by atoms with Gasteiger partial charge in [0.05, 0.1) is 25.9 Å². The van der Waals surface area contributed by atoms with Gasteiger partial charge in [-0.1, -0.05) is 258 Å². The van der Waals surface area contributed by atoms with E-state index in [9.17, 15) is 4.79 Å².